The Hall–Kier alpha value is -1.57. The van der Waals surface area contributed by atoms with Crippen molar-refractivity contribution in [1.29, 1.82) is 0 Å². The van der Waals surface area contributed by atoms with E-state index in [1.807, 2.05) is 4.57 Å². The zero-order chi connectivity index (χ0) is 16.4. The third-order valence-corrected chi connectivity index (χ3v) is 4.47. The Kier molecular flexibility index (Phi) is 4.61. The highest BCUT2D eigenvalue weighted by molar-refractivity contribution is 5.92. The van der Waals surface area contributed by atoms with Crippen LogP contribution in [-0.2, 0) is 13.0 Å². The van der Waals surface area contributed by atoms with Gasteiger partial charge in [0.25, 0.3) is 5.91 Å². The summed E-state index contributed by atoms with van der Waals surface area (Å²) in [6.45, 7) is 1.23. The summed E-state index contributed by atoms with van der Waals surface area (Å²) in [5.74, 6) is 0.776. The highest BCUT2D eigenvalue weighted by Crippen LogP contribution is 2.22. The molecule has 1 atom stereocenters. The highest BCUT2D eigenvalue weighted by Gasteiger charge is 2.34. The molecular formula is C15H21F3N4O. The molecule has 1 saturated heterocycles. The maximum Gasteiger partial charge on any atom is 0.401 e. The first-order chi connectivity index (χ1) is 10.9. The third-order valence-electron chi connectivity index (χ3n) is 4.47. The van der Waals surface area contributed by atoms with Gasteiger partial charge in [0.2, 0.25) is 0 Å². The summed E-state index contributed by atoms with van der Waals surface area (Å²) in [4.78, 5) is 17.9. The van der Waals surface area contributed by atoms with E-state index in [-0.39, 0.29) is 11.8 Å². The van der Waals surface area contributed by atoms with E-state index in [4.69, 9.17) is 0 Å². The topological polar surface area (TPSA) is 50.2 Å². The van der Waals surface area contributed by atoms with Gasteiger partial charge in [-0.25, -0.2) is 4.98 Å². The average molecular weight is 330 g/mol. The van der Waals surface area contributed by atoms with E-state index in [2.05, 4.69) is 10.3 Å². The molecule has 3 heterocycles. The van der Waals surface area contributed by atoms with Crippen molar-refractivity contribution in [2.75, 3.05) is 26.2 Å². The second-order valence-electron chi connectivity index (χ2n) is 6.41. The Morgan fingerprint density at radius 1 is 1.35 bits per heavy atom. The van der Waals surface area contributed by atoms with Crippen molar-refractivity contribution < 1.29 is 18.0 Å². The number of nitrogens with zero attached hydrogens (tertiary/aromatic N) is 3. The van der Waals surface area contributed by atoms with E-state index in [0.29, 0.717) is 31.7 Å². The van der Waals surface area contributed by atoms with Crippen LogP contribution >= 0.6 is 0 Å². The largest absolute Gasteiger partial charge is 0.401 e. The van der Waals surface area contributed by atoms with Crippen LogP contribution in [0.4, 0.5) is 13.2 Å². The van der Waals surface area contributed by atoms with E-state index >= 15 is 0 Å². The van der Waals surface area contributed by atoms with Crippen molar-refractivity contribution in [1.82, 2.24) is 19.8 Å². The minimum absolute atomic E-state index is 0.0681. The molecule has 128 valence electrons. The molecule has 3 rings (SSSR count). The second-order valence-corrected chi connectivity index (χ2v) is 6.41. The normalized spacial score (nSPS) is 22.1. The molecule has 1 unspecified atom stereocenters. The Morgan fingerprint density at radius 2 is 2.17 bits per heavy atom. The summed E-state index contributed by atoms with van der Waals surface area (Å²) in [7, 11) is 0. The highest BCUT2D eigenvalue weighted by atomic mass is 19.4. The average Bonchev–Trinajstić information content (AvgIpc) is 3.09. The SMILES string of the molecule is O=C(NCC1CCN(CC(F)(F)F)C1)c1cn2c(n1)CCCC2. The van der Waals surface area contributed by atoms with Crippen LogP contribution < -0.4 is 5.32 Å². The van der Waals surface area contributed by atoms with Crippen molar-refractivity contribution >= 4 is 5.91 Å². The summed E-state index contributed by atoms with van der Waals surface area (Å²) in [6, 6.07) is 0. The molecule has 2 aliphatic rings. The minimum atomic E-state index is -4.16. The predicted molar refractivity (Wildman–Crippen MR) is 78.1 cm³/mol. The molecule has 0 bridgehead atoms. The minimum Gasteiger partial charge on any atom is -0.350 e. The number of carbonyl (C=O) groups excluding carboxylic acids is 1. The van der Waals surface area contributed by atoms with Crippen LogP contribution in [0.25, 0.3) is 0 Å². The van der Waals surface area contributed by atoms with Crippen LogP contribution in [0, 0.1) is 5.92 Å². The van der Waals surface area contributed by atoms with Crippen molar-refractivity contribution in [3.8, 4) is 0 Å². The van der Waals surface area contributed by atoms with E-state index in [0.717, 1.165) is 31.6 Å². The summed E-state index contributed by atoms with van der Waals surface area (Å²) in [5.41, 5.74) is 0.409. The van der Waals surface area contributed by atoms with Crippen LogP contribution in [0.15, 0.2) is 6.20 Å². The summed E-state index contributed by atoms with van der Waals surface area (Å²) in [5, 5.41) is 2.81. The van der Waals surface area contributed by atoms with Gasteiger partial charge < -0.3 is 9.88 Å². The lowest BCUT2D eigenvalue weighted by molar-refractivity contribution is -0.143. The number of carbonyl (C=O) groups is 1. The number of fused-ring (bicyclic) bond motifs is 1. The number of hydrogen-bond donors (Lipinski definition) is 1. The molecule has 0 spiro atoms. The Labute approximate surface area is 132 Å². The zero-order valence-corrected chi connectivity index (χ0v) is 12.9. The fraction of sp³-hybridized carbons (Fsp3) is 0.733. The molecule has 0 radical (unpaired) electrons. The van der Waals surface area contributed by atoms with Crippen LogP contribution in [-0.4, -0.2) is 52.7 Å². The van der Waals surface area contributed by atoms with Crippen molar-refractivity contribution in [2.45, 2.75) is 38.4 Å². The van der Waals surface area contributed by atoms with Crippen molar-refractivity contribution in [3.63, 3.8) is 0 Å². The molecule has 0 aliphatic carbocycles. The zero-order valence-electron chi connectivity index (χ0n) is 12.9. The van der Waals surface area contributed by atoms with Gasteiger partial charge in [-0.15, -0.1) is 0 Å². The van der Waals surface area contributed by atoms with Crippen LogP contribution in [0.2, 0.25) is 0 Å². The summed E-state index contributed by atoms with van der Waals surface area (Å²) >= 11 is 0. The van der Waals surface area contributed by atoms with E-state index in [1.165, 1.54) is 4.90 Å². The first-order valence-corrected chi connectivity index (χ1v) is 8.04. The van der Waals surface area contributed by atoms with E-state index < -0.39 is 12.7 Å². The summed E-state index contributed by atoms with van der Waals surface area (Å²) < 4.78 is 39.1. The Bertz CT molecular complexity index is 546. The van der Waals surface area contributed by atoms with Crippen molar-refractivity contribution in [2.24, 2.45) is 5.92 Å². The maximum absolute atomic E-state index is 12.4. The monoisotopic (exact) mass is 330 g/mol. The van der Waals surface area contributed by atoms with E-state index in [9.17, 15) is 18.0 Å². The number of hydrogen-bond acceptors (Lipinski definition) is 3. The standard InChI is InChI=1S/C15H21F3N4O/c16-15(17,18)10-21-6-4-11(8-21)7-19-14(23)12-9-22-5-2-1-3-13(22)20-12/h9,11H,1-8,10H2,(H,19,23). The molecule has 1 fully saturated rings. The molecule has 0 saturated carbocycles. The van der Waals surface area contributed by atoms with Gasteiger partial charge in [0.05, 0.1) is 6.54 Å². The van der Waals surface area contributed by atoms with Gasteiger partial charge in [-0.2, -0.15) is 13.2 Å². The molecule has 1 amide bonds. The summed E-state index contributed by atoms with van der Waals surface area (Å²) in [6.07, 6.45) is 1.37. The lowest BCUT2D eigenvalue weighted by Crippen LogP contribution is -2.34. The quantitative estimate of drug-likeness (QED) is 0.916. The molecule has 1 aromatic rings. The third kappa shape index (κ3) is 4.25. The van der Waals surface area contributed by atoms with Gasteiger partial charge in [0.15, 0.2) is 0 Å². The Balaban J connectivity index is 1.47. The van der Waals surface area contributed by atoms with Gasteiger partial charge >= 0.3 is 6.18 Å². The lowest BCUT2D eigenvalue weighted by Gasteiger charge is -2.17. The lowest BCUT2D eigenvalue weighted by atomic mass is 10.1. The molecule has 5 nitrogen and oxygen atoms in total. The fourth-order valence-electron chi connectivity index (χ4n) is 3.33. The van der Waals surface area contributed by atoms with Crippen molar-refractivity contribution in [3.05, 3.63) is 17.7 Å². The molecule has 1 N–H and O–H groups in total. The Morgan fingerprint density at radius 3 is 2.91 bits per heavy atom. The number of halogens is 3. The number of nitrogens with one attached hydrogen (secondary N) is 1. The smallest absolute Gasteiger partial charge is 0.350 e. The van der Waals surface area contributed by atoms with Gasteiger partial charge in [-0.1, -0.05) is 0 Å². The number of amides is 1. The number of rotatable bonds is 4. The van der Waals surface area contributed by atoms with Crippen LogP contribution in [0.3, 0.4) is 0 Å². The van der Waals surface area contributed by atoms with Gasteiger partial charge in [-0.3, -0.25) is 9.69 Å². The molecule has 23 heavy (non-hydrogen) atoms. The predicted octanol–water partition coefficient (Wildman–Crippen LogP) is 1.83. The number of imidazole rings is 1. The second kappa shape index (κ2) is 6.51. The first kappa shape index (κ1) is 16.3. The van der Waals surface area contributed by atoms with Crippen LogP contribution in [0.5, 0.6) is 0 Å². The number of aromatic nitrogens is 2. The first-order valence-electron chi connectivity index (χ1n) is 8.04. The molecule has 8 heteroatoms. The number of likely N-dealkylation sites (tertiary alicyclic amines) is 1. The molecular weight excluding hydrogens is 309 g/mol. The van der Waals surface area contributed by atoms with E-state index in [1.54, 1.807) is 6.20 Å². The molecule has 2 aliphatic heterocycles. The van der Waals surface area contributed by atoms with Gasteiger partial charge in [-0.05, 0) is 31.7 Å². The number of aryl methyl sites for hydroxylation is 2. The van der Waals surface area contributed by atoms with Gasteiger partial charge in [0, 0.05) is 32.3 Å². The molecule has 0 aromatic carbocycles. The van der Waals surface area contributed by atoms with Gasteiger partial charge in [0.1, 0.15) is 11.5 Å². The maximum atomic E-state index is 12.4. The number of alkyl halides is 3. The molecule has 1 aromatic heterocycles. The van der Waals surface area contributed by atoms with Crippen LogP contribution in [0.1, 0.15) is 35.6 Å². The fourth-order valence-corrected chi connectivity index (χ4v) is 3.33.